The number of esters is 2. The van der Waals surface area contributed by atoms with Crippen LogP contribution in [-0.2, 0) is 32.7 Å². The van der Waals surface area contributed by atoms with Gasteiger partial charge >= 0.3 is 19.8 Å². The number of nitrogens with two attached hydrogens (primary N) is 1. The van der Waals surface area contributed by atoms with E-state index in [9.17, 15) is 19.0 Å². The first-order valence-corrected chi connectivity index (χ1v) is 33.5. The first kappa shape index (κ1) is 75.4. The molecule has 9 nitrogen and oxygen atoms in total. The van der Waals surface area contributed by atoms with E-state index >= 15 is 0 Å². The highest BCUT2D eigenvalue weighted by Crippen LogP contribution is 2.43. The second-order valence-corrected chi connectivity index (χ2v) is 22.3. The van der Waals surface area contributed by atoms with E-state index in [-0.39, 0.29) is 38.6 Å². The van der Waals surface area contributed by atoms with Crippen molar-refractivity contribution in [3.8, 4) is 0 Å². The Morgan fingerprint density at radius 1 is 0.392 bits per heavy atom. The van der Waals surface area contributed by atoms with Crippen LogP contribution >= 0.6 is 7.82 Å². The number of rotatable bonds is 59. The third kappa shape index (κ3) is 63.5. The molecular formula is C69H118NO8P. The summed E-state index contributed by atoms with van der Waals surface area (Å²) in [5.41, 5.74) is 5.38. The Morgan fingerprint density at radius 2 is 0.696 bits per heavy atom. The molecule has 0 aromatic rings. The van der Waals surface area contributed by atoms with Crippen molar-refractivity contribution < 1.29 is 37.6 Å². The van der Waals surface area contributed by atoms with Gasteiger partial charge in [0.05, 0.1) is 13.2 Å². The van der Waals surface area contributed by atoms with Crippen LogP contribution in [0.25, 0.3) is 0 Å². The van der Waals surface area contributed by atoms with Gasteiger partial charge in [0.1, 0.15) is 6.61 Å². The van der Waals surface area contributed by atoms with Gasteiger partial charge in [0.25, 0.3) is 0 Å². The summed E-state index contributed by atoms with van der Waals surface area (Å²) in [5.74, 6) is -0.835. The Kier molecular flexibility index (Phi) is 60.7. The maximum absolute atomic E-state index is 12.7. The van der Waals surface area contributed by atoms with Crippen LogP contribution in [0.5, 0.6) is 0 Å². The van der Waals surface area contributed by atoms with Crippen molar-refractivity contribution in [2.24, 2.45) is 5.73 Å². The fourth-order valence-electron chi connectivity index (χ4n) is 8.62. The zero-order chi connectivity index (χ0) is 57.3. The first-order valence-electron chi connectivity index (χ1n) is 32.0. The standard InChI is InChI=1S/C69H118NO8P/c1-3-5-7-9-11-13-15-17-19-21-22-23-24-25-26-27-28-29-30-31-32-33-34-35-36-37-38-39-40-41-42-43-44-46-48-50-52-54-56-58-60-62-69(72)78-67(66-77-79(73,74)76-64-63-70)65-75-68(71)61-59-57-55-53-51-49-47-45-20-18-16-14-12-10-8-6-4-2/h5,7,11-14,17-20,22-23,25-26,28-29,31-32,34-35,67H,3-4,6,8-10,15-16,21,24,27,30,33,36-66,70H2,1-2H3,(H,73,74)/b7-5-,13-11-,14-12-,19-17-,20-18-,23-22-,26-25-,29-28-,32-31-,35-34-. The molecule has 0 saturated carbocycles. The molecule has 0 heterocycles. The van der Waals surface area contributed by atoms with Crippen LogP contribution in [0.3, 0.4) is 0 Å². The zero-order valence-electron chi connectivity index (χ0n) is 50.6. The lowest BCUT2D eigenvalue weighted by molar-refractivity contribution is -0.161. The van der Waals surface area contributed by atoms with E-state index < -0.39 is 26.5 Å². The zero-order valence-corrected chi connectivity index (χ0v) is 51.5. The number of ether oxygens (including phenoxy) is 2. The molecule has 0 amide bonds. The predicted molar refractivity (Wildman–Crippen MR) is 339 cm³/mol. The fourth-order valence-corrected chi connectivity index (χ4v) is 9.39. The van der Waals surface area contributed by atoms with E-state index in [4.69, 9.17) is 24.3 Å². The number of unbranched alkanes of at least 4 members (excludes halogenated alkanes) is 26. The van der Waals surface area contributed by atoms with Crippen LogP contribution in [0.2, 0.25) is 0 Å². The molecule has 0 aliphatic rings. The summed E-state index contributed by atoms with van der Waals surface area (Å²) in [5, 5.41) is 0. The van der Waals surface area contributed by atoms with Crippen LogP contribution in [0.15, 0.2) is 122 Å². The lowest BCUT2D eigenvalue weighted by atomic mass is 10.0. The molecule has 0 bridgehead atoms. The molecule has 3 N–H and O–H groups in total. The van der Waals surface area contributed by atoms with Crippen molar-refractivity contribution in [3.63, 3.8) is 0 Å². The van der Waals surface area contributed by atoms with Crippen LogP contribution in [0.1, 0.15) is 271 Å². The van der Waals surface area contributed by atoms with Gasteiger partial charge in [-0.05, 0) is 109 Å². The number of phosphoric ester groups is 1. The minimum atomic E-state index is -4.39. The molecule has 0 spiro atoms. The second-order valence-electron chi connectivity index (χ2n) is 20.9. The van der Waals surface area contributed by atoms with Gasteiger partial charge < -0.3 is 20.1 Å². The fraction of sp³-hybridized carbons (Fsp3) is 0.681. The highest BCUT2D eigenvalue weighted by atomic mass is 31.2. The summed E-state index contributed by atoms with van der Waals surface area (Å²) >= 11 is 0. The van der Waals surface area contributed by atoms with Gasteiger partial charge in [-0.3, -0.25) is 18.6 Å². The van der Waals surface area contributed by atoms with Crippen molar-refractivity contribution >= 4 is 19.8 Å². The van der Waals surface area contributed by atoms with Crippen LogP contribution in [0, 0.1) is 0 Å². The summed E-state index contributed by atoms with van der Waals surface area (Å²) in [6.07, 6.45) is 88.5. The predicted octanol–water partition coefficient (Wildman–Crippen LogP) is 20.7. The van der Waals surface area contributed by atoms with Gasteiger partial charge in [-0.1, -0.05) is 270 Å². The molecular weight excluding hydrogens is 1000 g/mol. The van der Waals surface area contributed by atoms with Crippen molar-refractivity contribution in [1.29, 1.82) is 0 Å². The van der Waals surface area contributed by atoms with Gasteiger partial charge in [0.2, 0.25) is 0 Å². The Bertz CT molecular complexity index is 1710. The van der Waals surface area contributed by atoms with Gasteiger partial charge in [-0.2, -0.15) is 0 Å². The van der Waals surface area contributed by atoms with E-state index in [2.05, 4.69) is 135 Å². The number of carbonyl (C=O) groups is 2. The van der Waals surface area contributed by atoms with E-state index in [1.165, 1.54) is 128 Å². The molecule has 0 fully saturated rings. The molecule has 452 valence electrons. The summed E-state index contributed by atoms with van der Waals surface area (Å²) in [6.45, 7) is 3.60. The third-order valence-corrected chi connectivity index (χ3v) is 14.3. The molecule has 10 heteroatoms. The number of allylic oxidation sites excluding steroid dienone is 20. The SMILES string of the molecule is CC/C=C\C/C=C\C/C=C\C/C=C\C/C=C\C/C=C\C/C=C\C/C=C\CCCCCCCCCCCCCCCCCCC(=O)OC(COC(=O)CCCCCCCCC/C=C\C/C=C\CCCCC)COP(=O)(O)OCCN. The minimum absolute atomic E-state index is 0.0487. The monoisotopic (exact) mass is 1120 g/mol. The molecule has 0 aromatic heterocycles. The summed E-state index contributed by atoms with van der Waals surface area (Å²) < 4.78 is 33.1. The molecule has 79 heavy (non-hydrogen) atoms. The maximum atomic E-state index is 12.7. The third-order valence-electron chi connectivity index (χ3n) is 13.3. The first-order chi connectivity index (χ1) is 38.8. The molecule has 2 atom stereocenters. The number of hydrogen-bond acceptors (Lipinski definition) is 8. The van der Waals surface area contributed by atoms with Gasteiger partial charge in [-0.15, -0.1) is 0 Å². The summed E-state index contributed by atoms with van der Waals surface area (Å²) in [4.78, 5) is 35.2. The van der Waals surface area contributed by atoms with Crippen molar-refractivity contribution in [2.75, 3.05) is 26.4 Å². The van der Waals surface area contributed by atoms with Gasteiger partial charge in [-0.25, -0.2) is 4.57 Å². The molecule has 0 aromatic carbocycles. The summed E-state index contributed by atoms with van der Waals surface area (Å²) in [7, 11) is -4.39. The normalized spacial score (nSPS) is 13.8. The van der Waals surface area contributed by atoms with E-state index in [1.807, 2.05) is 0 Å². The Balaban J connectivity index is 3.88. The molecule has 0 saturated heterocycles. The van der Waals surface area contributed by atoms with Crippen LogP contribution in [-0.4, -0.2) is 49.3 Å². The molecule has 2 unspecified atom stereocenters. The smallest absolute Gasteiger partial charge is 0.462 e. The Labute approximate surface area is 485 Å². The van der Waals surface area contributed by atoms with E-state index in [0.29, 0.717) is 6.42 Å². The van der Waals surface area contributed by atoms with E-state index in [1.54, 1.807) is 0 Å². The van der Waals surface area contributed by atoms with E-state index in [0.717, 1.165) is 109 Å². The molecule has 0 radical (unpaired) electrons. The van der Waals surface area contributed by atoms with Gasteiger partial charge in [0.15, 0.2) is 6.10 Å². The second kappa shape index (κ2) is 63.6. The summed E-state index contributed by atoms with van der Waals surface area (Å²) in [6, 6.07) is 0. The van der Waals surface area contributed by atoms with Crippen molar-refractivity contribution in [1.82, 2.24) is 0 Å². The maximum Gasteiger partial charge on any atom is 0.472 e. The average Bonchev–Trinajstić information content (AvgIpc) is 3.44. The van der Waals surface area contributed by atoms with Crippen LogP contribution < -0.4 is 5.73 Å². The minimum Gasteiger partial charge on any atom is -0.462 e. The molecule has 0 aliphatic carbocycles. The largest absolute Gasteiger partial charge is 0.472 e. The number of carbonyl (C=O) groups excluding carboxylic acids is 2. The molecule has 0 aliphatic heterocycles. The van der Waals surface area contributed by atoms with Crippen LogP contribution in [0.4, 0.5) is 0 Å². The average molecular weight is 1120 g/mol. The lowest BCUT2D eigenvalue weighted by Crippen LogP contribution is -2.29. The Hall–Kier alpha value is -3.59. The molecule has 0 rings (SSSR count). The number of hydrogen-bond donors (Lipinski definition) is 2. The highest BCUT2D eigenvalue weighted by Gasteiger charge is 2.26. The Morgan fingerprint density at radius 3 is 1.04 bits per heavy atom. The van der Waals surface area contributed by atoms with Crippen molar-refractivity contribution in [3.05, 3.63) is 122 Å². The quantitative estimate of drug-likeness (QED) is 0.0264. The van der Waals surface area contributed by atoms with Gasteiger partial charge in [0, 0.05) is 19.4 Å². The number of phosphoric acid groups is 1. The topological polar surface area (TPSA) is 134 Å². The van der Waals surface area contributed by atoms with Crippen molar-refractivity contribution in [2.45, 2.75) is 277 Å². The highest BCUT2D eigenvalue weighted by molar-refractivity contribution is 7.47. The lowest BCUT2D eigenvalue weighted by Gasteiger charge is -2.19.